The van der Waals surface area contributed by atoms with Crippen molar-refractivity contribution in [3.8, 4) is 5.75 Å². The number of ether oxygens (including phenoxy) is 1. The molecule has 1 aliphatic rings. The zero-order valence-electron chi connectivity index (χ0n) is 11.1. The van der Waals surface area contributed by atoms with Crippen LogP contribution in [0.1, 0.15) is 12.8 Å². The molecule has 0 saturated heterocycles. The van der Waals surface area contributed by atoms with Gasteiger partial charge in [-0.15, -0.1) is 24.0 Å². The van der Waals surface area contributed by atoms with Crippen LogP contribution in [0.3, 0.4) is 0 Å². The average Bonchev–Trinajstić information content (AvgIpc) is 3.23. The molecule has 0 aliphatic heterocycles. The fourth-order valence-electron chi connectivity index (χ4n) is 1.55. The Balaban J connectivity index is 0.00000180. The number of aliphatic imine (C=N–C) groups is 1. The van der Waals surface area contributed by atoms with E-state index in [-0.39, 0.29) is 24.0 Å². The zero-order valence-corrected chi connectivity index (χ0v) is 13.5. The first-order valence-electron chi connectivity index (χ1n) is 6.36. The van der Waals surface area contributed by atoms with Crippen LogP contribution in [0.15, 0.2) is 29.5 Å². The molecule has 0 aromatic carbocycles. The van der Waals surface area contributed by atoms with Crippen LogP contribution in [0.4, 0.5) is 0 Å². The van der Waals surface area contributed by atoms with E-state index in [4.69, 9.17) is 4.74 Å². The topological polar surface area (TPSA) is 58.5 Å². The summed E-state index contributed by atoms with van der Waals surface area (Å²) >= 11 is 0. The Hall–Kier alpha value is -1.05. The Bertz CT molecular complexity index is 381. The van der Waals surface area contributed by atoms with E-state index in [2.05, 4.69) is 20.6 Å². The van der Waals surface area contributed by atoms with Gasteiger partial charge in [-0.1, -0.05) is 0 Å². The lowest BCUT2D eigenvalue weighted by Crippen LogP contribution is -2.40. The minimum absolute atomic E-state index is 0. The van der Waals surface area contributed by atoms with E-state index in [1.54, 1.807) is 19.4 Å². The maximum Gasteiger partial charge on any atom is 0.191 e. The van der Waals surface area contributed by atoms with Crippen molar-refractivity contribution in [1.82, 2.24) is 15.6 Å². The summed E-state index contributed by atoms with van der Waals surface area (Å²) in [6.07, 6.45) is 6.12. The standard InChI is InChI=1S/C13H20N4O.HI/c1-14-13(17-9-11-4-5-11)16-7-8-18-12-3-2-6-15-10-12;/h2-3,6,10-11H,4-5,7-9H2,1H3,(H2,14,16,17);1H. The van der Waals surface area contributed by atoms with Gasteiger partial charge in [0.2, 0.25) is 0 Å². The van der Waals surface area contributed by atoms with E-state index >= 15 is 0 Å². The van der Waals surface area contributed by atoms with Crippen molar-refractivity contribution < 1.29 is 4.74 Å². The van der Waals surface area contributed by atoms with Crippen molar-refractivity contribution in [2.24, 2.45) is 10.9 Å². The Morgan fingerprint density at radius 3 is 2.95 bits per heavy atom. The smallest absolute Gasteiger partial charge is 0.191 e. The van der Waals surface area contributed by atoms with E-state index in [1.807, 2.05) is 12.1 Å². The minimum Gasteiger partial charge on any atom is -0.490 e. The number of nitrogens with zero attached hydrogens (tertiary/aromatic N) is 2. The normalized spacial score (nSPS) is 14.5. The molecule has 6 heteroatoms. The molecule has 2 rings (SSSR count). The molecule has 0 spiro atoms. The van der Waals surface area contributed by atoms with Gasteiger partial charge in [-0.2, -0.15) is 0 Å². The maximum atomic E-state index is 5.53. The van der Waals surface area contributed by atoms with Gasteiger partial charge in [-0.3, -0.25) is 9.98 Å². The van der Waals surface area contributed by atoms with E-state index in [9.17, 15) is 0 Å². The van der Waals surface area contributed by atoms with E-state index < -0.39 is 0 Å². The molecular formula is C13H21IN4O. The highest BCUT2D eigenvalue weighted by atomic mass is 127. The van der Waals surface area contributed by atoms with Gasteiger partial charge < -0.3 is 15.4 Å². The molecule has 106 valence electrons. The highest BCUT2D eigenvalue weighted by molar-refractivity contribution is 14.0. The number of halogens is 1. The Morgan fingerprint density at radius 2 is 2.32 bits per heavy atom. The fourth-order valence-corrected chi connectivity index (χ4v) is 1.55. The van der Waals surface area contributed by atoms with Crippen LogP contribution in [0, 0.1) is 5.92 Å². The van der Waals surface area contributed by atoms with Crippen molar-refractivity contribution in [1.29, 1.82) is 0 Å². The summed E-state index contributed by atoms with van der Waals surface area (Å²) in [7, 11) is 1.78. The molecule has 1 saturated carbocycles. The number of hydrogen-bond donors (Lipinski definition) is 2. The third-order valence-electron chi connectivity index (χ3n) is 2.78. The summed E-state index contributed by atoms with van der Waals surface area (Å²) in [6, 6.07) is 3.76. The molecule has 1 aliphatic carbocycles. The van der Waals surface area contributed by atoms with Crippen molar-refractivity contribution in [2.45, 2.75) is 12.8 Å². The second kappa shape index (κ2) is 8.95. The molecule has 19 heavy (non-hydrogen) atoms. The van der Waals surface area contributed by atoms with E-state index in [0.29, 0.717) is 6.61 Å². The van der Waals surface area contributed by atoms with Crippen molar-refractivity contribution >= 4 is 29.9 Å². The summed E-state index contributed by atoms with van der Waals surface area (Å²) in [5, 5.41) is 6.52. The van der Waals surface area contributed by atoms with Crippen molar-refractivity contribution in [3.05, 3.63) is 24.5 Å². The van der Waals surface area contributed by atoms with Crippen molar-refractivity contribution in [3.63, 3.8) is 0 Å². The lowest BCUT2D eigenvalue weighted by Gasteiger charge is -2.11. The van der Waals surface area contributed by atoms with Crippen LogP contribution in [0.25, 0.3) is 0 Å². The van der Waals surface area contributed by atoms with Crippen molar-refractivity contribution in [2.75, 3.05) is 26.7 Å². The molecule has 1 fully saturated rings. The quantitative estimate of drug-likeness (QED) is 0.343. The Labute approximate surface area is 131 Å². The zero-order chi connectivity index (χ0) is 12.6. The fraction of sp³-hybridized carbons (Fsp3) is 0.538. The van der Waals surface area contributed by atoms with Crippen LogP contribution >= 0.6 is 24.0 Å². The molecule has 1 aromatic rings. The summed E-state index contributed by atoms with van der Waals surface area (Å²) in [4.78, 5) is 8.15. The van der Waals surface area contributed by atoms with Gasteiger partial charge in [0.1, 0.15) is 12.4 Å². The molecule has 1 heterocycles. The maximum absolute atomic E-state index is 5.53. The second-order valence-corrected chi connectivity index (χ2v) is 4.36. The number of pyridine rings is 1. The number of nitrogens with one attached hydrogen (secondary N) is 2. The molecule has 0 amide bonds. The number of guanidine groups is 1. The summed E-state index contributed by atoms with van der Waals surface area (Å²) < 4.78 is 5.53. The van der Waals surface area contributed by atoms with Gasteiger partial charge in [-0.25, -0.2) is 0 Å². The van der Waals surface area contributed by atoms with Gasteiger partial charge >= 0.3 is 0 Å². The SMILES string of the molecule is CN=C(NCCOc1cccnc1)NCC1CC1.I. The highest BCUT2D eigenvalue weighted by Gasteiger charge is 2.20. The monoisotopic (exact) mass is 376 g/mol. The summed E-state index contributed by atoms with van der Waals surface area (Å²) in [6.45, 7) is 2.33. The van der Waals surface area contributed by atoms with E-state index in [1.165, 1.54) is 12.8 Å². The molecule has 0 atom stereocenters. The Kier molecular flexibility index (Phi) is 7.54. The van der Waals surface area contributed by atoms with Gasteiger partial charge in [0, 0.05) is 19.8 Å². The first kappa shape index (κ1) is 16.0. The van der Waals surface area contributed by atoms with Crippen LogP contribution in [-0.4, -0.2) is 37.7 Å². The predicted octanol–water partition coefficient (Wildman–Crippen LogP) is 1.65. The first-order chi connectivity index (χ1) is 8.88. The lowest BCUT2D eigenvalue weighted by molar-refractivity contribution is 0.320. The Morgan fingerprint density at radius 1 is 1.47 bits per heavy atom. The number of aromatic nitrogens is 1. The summed E-state index contributed by atoms with van der Waals surface area (Å²) in [5.41, 5.74) is 0. The molecule has 2 N–H and O–H groups in total. The number of rotatable bonds is 6. The van der Waals surface area contributed by atoms with Gasteiger partial charge in [0.05, 0.1) is 12.7 Å². The molecule has 1 aromatic heterocycles. The molecular weight excluding hydrogens is 355 g/mol. The van der Waals surface area contributed by atoms with Gasteiger partial charge in [-0.05, 0) is 30.9 Å². The third kappa shape index (κ3) is 6.60. The lowest BCUT2D eigenvalue weighted by atomic mass is 10.4. The summed E-state index contributed by atoms with van der Waals surface area (Å²) in [5.74, 6) is 2.48. The predicted molar refractivity (Wildman–Crippen MR) is 87.2 cm³/mol. The van der Waals surface area contributed by atoms with Gasteiger partial charge in [0.25, 0.3) is 0 Å². The average molecular weight is 376 g/mol. The molecule has 0 bridgehead atoms. The molecule has 0 unspecified atom stereocenters. The van der Waals surface area contributed by atoms with Crippen LogP contribution in [-0.2, 0) is 0 Å². The number of hydrogen-bond acceptors (Lipinski definition) is 3. The minimum atomic E-state index is 0. The second-order valence-electron chi connectivity index (χ2n) is 4.36. The van der Waals surface area contributed by atoms with Crippen LogP contribution in [0.5, 0.6) is 5.75 Å². The molecule has 5 nitrogen and oxygen atoms in total. The van der Waals surface area contributed by atoms with Gasteiger partial charge in [0.15, 0.2) is 5.96 Å². The van der Waals surface area contributed by atoms with Crippen LogP contribution in [0.2, 0.25) is 0 Å². The first-order valence-corrected chi connectivity index (χ1v) is 6.36. The van der Waals surface area contributed by atoms with E-state index in [0.717, 1.165) is 30.7 Å². The largest absolute Gasteiger partial charge is 0.490 e. The molecule has 0 radical (unpaired) electrons. The third-order valence-corrected chi connectivity index (χ3v) is 2.78. The highest BCUT2D eigenvalue weighted by Crippen LogP contribution is 2.27. The van der Waals surface area contributed by atoms with Crippen LogP contribution < -0.4 is 15.4 Å².